The Kier molecular flexibility index (Phi) is 8.24. The third-order valence-electron chi connectivity index (χ3n) is 7.62. The molecule has 0 radical (unpaired) electrons. The molecule has 1 saturated carbocycles. The van der Waals surface area contributed by atoms with Gasteiger partial charge in [0.2, 0.25) is 0 Å². The second-order valence-electron chi connectivity index (χ2n) is 10.4. The van der Waals surface area contributed by atoms with E-state index in [2.05, 4.69) is 38.5 Å². The number of hydrogen-bond donors (Lipinski definition) is 3. The number of fused-ring (bicyclic) bond motifs is 1. The lowest BCUT2D eigenvalue weighted by atomic mass is 9.94. The third-order valence-corrected chi connectivity index (χ3v) is 7.62. The van der Waals surface area contributed by atoms with Crippen LogP contribution in [0.2, 0.25) is 0 Å². The predicted octanol–water partition coefficient (Wildman–Crippen LogP) is 3.77. The molecule has 38 heavy (non-hydrogen) atoms. The Morgan fingerprint density at radius 2 is 2.08 bits per heavy atom. The standard InChI is InChI=1S/C29H37N5O4/c1-19-25-10-12-34(15-22(25)7-8-26(19)37-17-27-20(2)32-18-38-27)16-24(35)14-31-29(36)21-9-11-30-28(13-21)33-23-5-3-4-6-23/h7-9,11,13,18,23-24,35H,3-6,10,12,14-17H2,1-2H3,(H,30,33)(H,31,36)/t24-/m0/s1. The number of rotatable bonds is 10. The van der Waals surface area contributed by atoms with Crippen LogP contribution in [0.15, 0.2) is 41.3 Å². The molecule has 2 aliphatic rings. The molecule has 1 atom stereocenters. The number of amides is 1. The fraction of sp³-hybridized carbons (Fsp3) is 0.483. The van der Waals surface area contributed by atoms with Gasteiger partial charge in [-0.3, -0.25) is 9.69 Å². The molecule has 5 rings (SSSR count). The topological polar surface area (TPSA) is 113 Å². The quantitative estimate of drug-likeness (QED) is 0.371. The van der Waals surface area contributed by atoms with Crippen molar-refractivity contribution in [3.05, 3.63) is 70.6 Å². The Balaban J connectivity index is 1.10. The lowest BCUT2D eigenvalue weighted by Crippen LogP contribution is -2.42. The van der Waals surface area contributed by atoms with Crippen molar-refractivity contribution in [3.8, 4) is 5.75 Å². The summed E-state index contributed by atoms with van der Waals surface area (Å²) in [6.45, 7) is 6.63. The minimum absolute atomic E-state index is 0.197. The van der Waals surface area contributed by atoms with E-state index in [9.17, 15) is 9.90 Å². The van der Waals surface area contributed by atoms with E-state index >= 15 is 0 Å². The largest absolute Gasteiger partial charge is 0.485 e. The van der Waals surface area contributed by atoms with Gasteiger partial charge in [-0.05, 0) is 68.0 Å². The number of ether oxygens (including phenoxy) is 1. The van der Waals surface area contributed by atoms with Crippen molar-refractivity contribution in [1.82, 2.24) is 20.2 Å². The fourth-order valence-electron chi connectivity index (χ4n) is 5.40. The van der Waals surface area contributed by atoms with E-state index in [1.54, 1.807) is 18.3 Å². The number of nitrogens with one attached hydrogen (secondary N) is 2. The summed E-state index contributed by atoms with van der Waals surface area (Å²) in [6.07, 6.45) is 8.06. The summed E-state index contributed by atoms with van der Waals surface area (Å²) in [7, 11) is 0. The van der Waals surface area contributed by atoms with Gasteiger partial charge in [-0.1, -0.05) is 18.9 Å². The molecule has 0 unspecified atom stereocenters. The second-order valence-corrected chi connectivity index (χ2v) is 10.4. The monoisotopic (exact) mass is 519 g/mol. The maximum absolute atomic E-state index is 12.7. The molecule has 3 aromatic rings. The van der Waals surface area contributed by atoms with Crippen LogP contribution in [0.3, 0.4) is 0 Å². The van der Waals surface area contributed by atoms with Crippen molar-refractivity contribution in [1.29, 1.82) is 0 Å². The van der Waals surface area contributed by atoms with Crippen LogP contribution in [0.4, 0.5) is 5.82 Å². The zero-order valence-electron chi connectivity index (χ0n) is 22.2. The SMILES string of the molecule is Cc1ncoc1COc1ccc2c(c1C)CCN(C[C@@H](O)CNC(=O)c1ccnc(NC3CCCC3)c1)C2. The maximum Gasteiger partial charge on any atom is 0.251 e. The molecular formula is C29H37N5O4. The summed E-state index contributed by atoms with van der Waals surface area (Å²) in [5, 5.41) is 17.0. The van der Waals surface area contributed by atoms with Gasteiger partial charge in [0.1, 0.15) is 18.2 Å². The van der Waals surface area contributed by atoms with Gasteiger partial charge in [0.15, 0.2) is 12.2 Å². The molecule has 3 heterocycles. The maximum atomic E-state index is 12.7. The summed E-state index contributed by atoms with van der Waals surface area (Å²) >= 11 is 0. The number of carbonyl (C=O) groups is 1. The van der Waals surface area contributed by atoms with Gasteiger partial charge in [-0.2, -0.15) is 0 Å². The average molecular weight is 520 g/mol. The number of hydrogen-bond acceptors (Lipinski definition) is 8. The smallest absolute Gasteiger partial charge is 0.251 e. The van der Waals surface area contributed by atoms with E-state index in [0.29, 0.717) is 24.8 Å². The number of aliphatic hydroxyl groups excluding tert-OH is 1. The van der Waals surface area contributed by atoms with Gasteiger partial charge < -0.3 is 24.9 Å². The van der Waals surface area contributed by atoms with Gasteiger partial charge in [0, 0.05) is 44.0 Å². The molecule has 9 nitrogen and oxygen atoms in total. The minimum Gasteiger partial charge on any atom is -0.485 e. The molecule has 2 aromatic heterocycles. The summed E-state index contributed by atoms with van der Waals surface area (Å²) in [6, 6.07) is 8.03. The highest BCUT2D eigenvalue weighted by molar-refractivity contribution is 5.94. The van der Waals surface area contributed by atoms with E-state index in [0.717, 1.165) is 60.9 Å². The molecule has 1 aliphatic heterocycles. The van der Waals surface area contributed by atoms with E-state index in [4.69, 9.17) is 9.15 Å². The Hall–Kier alpha value is -3.43. The molecule has 0 spiro atoms. The van der Waals surface area contributed by atoms with Crippen molar-refractivity contribution in [2.24, 2.45) is 0 Å². The van der Waals surface area contributed by atoms with Gasteiger partial charge in [0.25, 0.3) is 5.91 Å². The number of nitrogens with zero attached hydrogens (tertiary/aromatic N) is 3. The number of carbonyl (C=O) groups excluding carboxylic acids is 1. The van der Waals surface area contributed by atoms with E-state index in [-0.39, 0.29) is 12.5 Å². The highest BCUT2D eigenvalue weighted by Crippen LogP contribution is 2.30. The van der Waals surface area contributed by atoms with Crippen LogP contribution in [-0.4, -0.2) is 57.7 Å². The lowest BCUT2D eigenvalue weighted by Gasteiger charge is -2.31. The second kappa shape index (κ2) is 12.0. The summed E-state index contributed by atoms with van der Waals surface area (Å²) in [4.78, 5) is 23.4. The van der Waals surface area contributed by atoms with Gasteiger partial charge in [-0.25, -0.2) is 9.97 Å². The van der Waals surface area contributed by atoms with Crippen molar-refractivity contribution < 1.29 is 19.1 Å². The van der Waals surface area contributed by atoms with Crippen LogP contribution < -0.4 is 15.4 Å². The highest BCUT2D eigenvalue weighted by Gasteiger charge is 2.22. The van der Waals surface area contributed by atoms with Crippen LogP contribution >= 0.6 is 0 Å². The molecule has 202 valence electrons. The Bertz CT molecular complexity index is 1250. The van der Waals surface area contributed by atoms with E-state index in [1.165, 1.54) is 30.4 Å². The van der Waals surface area contributed by atoms with Crippen LogP contribution in [0.25, 0.3) is 0 Å². The molecule has 0 bridgehead atoms. The Morgan fingerprint density at radius 3 is 2.87 bits per heavy atom. The molecule has 1 fully saturated rings. The summed E-state index contributed by atoms with van der Waals surface area (Å²) in [5.41, 5.74) is 5.08. The van der Waals surface area contributed by atoms with Gasteiger partial charge >= 0.3 is 0 Å². The third kappa shape index (κ3) is 6.34. The molecule has 1 amide bonds. The number of anilines is 1. The zero-order valence-corrected chi connectivity index (χ0v) is 22.2. The summed E-state index contributed by atoms with van der Waals surface area (Å²) < 4.78 is 11.4. The number of benzene rings is 1. The number of aliphatic hydroxyl groups is 1. The first kappa shape index (κ1) is 26.2. The van der Waals surface area contributed by atoms with Crippen molar-refractivity contribution >= 4 is 11.7 Å². The number of aromatic nitrogens is 2. The van der Waals surface area contributed by atoms with Gasteiger partial charge in [0.05, 0.1) is 11.8 Å². The first-order valence-corrected chi connectivity index (χ1v) is 13.5. The molecular weight excluding hydrogens is 482 g/mol. The van der Waals surface area contributed by atoms with Crippen molar-refractivity contribution in [3.63, 3.8) is 0 Å². The van der Waals surface area contributed by atoms with Crippen LogP contribution in [-0.2, 0) is 19.6 Å². The summed E-state index contributed by atoms with van der Waals surface area (Å²) in [5.74, 6) is 2.12. The molecule has 1 aliphatic carbocycles. The number of pyridine rings is 1. The van der Waals surface area contributed by atoms with Crippen LogP contribution in [0.5, 0.6) is 5.75 Å². The predicted molar refractivity (Wildman–Crippen MR) is 144 cm³/mol. The van der Waals surface area contributed by atoms with E-state index in [1.807, 2.05) is 13.0 Å². The van der Waals surface area contributed by atoms with Crippen LogP contribution in [0.1, 0.15) is 64.2 Å². The molecule has 0 saturated heterocycles. The first-order valence-electron chi connectivity index (χ1n) is 13.5. The fourth-order valence-corrected chi connectivity index (χ4v) is 5.40. The zero-order chi connectivity index (χ0) is 26.5. The lowest BCUT2D eigenvalue weighted by molar-refractivity contribution is 0.0841. The first-order chi connectivity index (χ1) is 18.5. The Labute approximate surface area is 223 Å². The molecule has 9 heteroatoms. The van der Waals surface area contributed by atoms with Crippen LogP contribution in [0, 0.1) is 13.8 Å². The van der Waals surface area contributed by atoms with E-state index < -0.39 is 6.10 Å². The number of β-amino-alcohol motifs (C(OH)–C–C–N with tert-alkyl or cyclic N) is 1. The average Bonchev–Trinajstić information content (AvgIpc) is 3.58. The Morgan fingerprint density at radius 1 is 1.24 bits per heavy atom. The molecule has 1 aromatic carbocycles. The normalized spacial score (nSPS) is 16.7. The van der Waals surface area contributed by atoms with Crippen molar-refractivity contribution in [2.45, 2.75) is 71.2 Å². The highest BCUT2D eigenvalue weighted by atomic mass is 16.5. The molecule has 3 N–H and O–H groups in total. The van der Waals surface area contributed by atoms with Gasteiger partial charge in [-0.15, -0.1) is 0 Å². The minimum atomic E-state index is -0.660. The number of oxazole rings is 1. The van der Waals surface area contributed by atoms with Crippen molar-refractivity contribution in [2.75, 3.05) is 25.0 Å². The number of aryl methyl sites for hydroxylation is 1.